The molecule has 1 rings (SSSR count). The predicted octanol–water partition coefficient (Wildman–Crippen LogP) is 3.26. The average Bonchev–Trinajstić information content (AvgIpc) is 2.18. The Labute approximate surface area is 86.0 Å². The van der Waals surface area contributed by atoms with Crippen LogP contribution in [0.25, 0.3) is 0 Å². The van der Waals surface area contributed by atoms with Gasteiger partial charge in [0.2, 0.25) is 6.04 Å². The first-order chi connectivity index (χ1) is 6.47. The van der Waals surface area contributed by atoms with Gasteiger partial charge in [0.1, 0.15) is 0 Å². The maximum absolute atomic E-state index is 10.6. The van der Waals surface area contributed by atoms with Gasteiger partial charge in [0.25, 0.3) is 0 Å². The summed E-state index contributed by atoms with van der Waals surface area (Å²) in [7, 11) is 0. The second-order valence-corrected chi connectivity index (χ2v) is 5.13. The summed E-state index contributed by atoms with van der Waals surface area (Å²) < 4.78 is 0. The second kappa shape index (κ2) is 4.28. The van der Waals surface area contributed by atoms with E-state index in [1.165, 1.54) is 6.42 Å². The quantitative estimate of drug-likeness (QED) is 0.517. The van der Waals surface area contributed by atoms with Crippen molar-refractivity contribution in [2.45, 2.75) is 58.9 Å². The van der Waals surface area contributed by atoms with E-state index in [1.54, 1.807) is 0 Å². The van der Waals surface area contributed by atoms with Crippen molar-refractivity contribution in [2.24, 2.45) is 11.3 Å². The molecule has 0 radical (unpaired) electrons. The molecule has 1 fully saturated rings. The van der Waals surface area contributed by atoms with Crippen molar-refractivity contribution < 1.29 is 4.92 Å². The van der Waals surface area contributed by atoms with E-state index in [4.69, 9.17) is 0 Å². The summed E-state index contributed by atoms with van der Waals surface area (Å²) in [6.45, 7) is 6.77. The van der Waals surface area contributed by atoms with Crippen molar-refractivity contribution in [3.05, 3.63) is 10.1 Å². The molecular weight excluding hydrogens is 178 g/mol. The van der Waals surface area contributed by atoms with Crippen molar-refractivity contribution in [3.8, 4) is 0 Å². The SMILES string of the molecule is CCC(C)(C)C1CCC([N+](=O)[O-])CC1. The number of rotatable bonds is 3. The molecule has 0 heterocycles. The van der Waals surface area contributed by atoms with Crippen LogP contribution in [0.4, 0.5) is 0 Å². The fraction of sp³-hybridized carbons (Fsp3) is 1.00. The Hall–Kier alpha value is -0.600. The molecule has 0 aromatic rings. The Morgan fingerprint density at radius 1 is 1.29 bits per heavy atom. The summed E-state index contributed by atoms with van der Waals surface area (Å²) >= 11 is 0. The largest absolute Gasteiger partial charge is 0.264 e. The fourth-order valence-corrected chi connectivity index (χ4v) is 2.36. The van der Waals surface area contributed by atoms with Crippen molar-refractivity contribution in [2.75, 3.05) is 0 Å². The monoisotopic (exact) mass is 199 g/mol. The fourth-order valence-electron chi connectivity index (χ4n) is 2.36. The highest BCUT2D eigenvalue weighted by atomic mass is 16.6. The van der Waals surface area contributed by atoms with Crippen molar-refractivity contribution in [1.29, 1.82) is 0 Å². The van der Waals surface area contributed by atoms with Gasteiger partial charge in [-0.3, -0.25) is 10.1 Å². The minimum atomic E-state index is -0.265. The van der Waals surface area contributed by atoms with Crippen molar-refractivity contribution in [1.82, 2.24) is 0 Å². The topological polar surface area (TPSA) is 43.1 Å². The molecule has 1 aliphatic carbocycles. The van der Waals surface area contributed by atoms with E-state index in [0.29, 0.717) is 11.3 Å². The molecular formula is C11H21NO2. The van der Waals surface area contributed by atoms with Crippen LogP contribution in [-0.4, -0.2) is 11.0 Å². The van der Waals surface area contributed by atoms with Crippen LogP contribution < -0.4 is 0 Å². The van der Waals surface area contributed by atoms with Gasteiger partial charge < -0.3 is 0 Å². The molecule has 3 nitrogen and oxygen atoms in total. The molecule has 1 aliphatic rings. The molecule has 3 heteroatoms. The zero-order valence-corrected chi connectivity index (χ0v) is 9.45. The van der Waals surface area contributed by atoms with E-state index in [2.05, 4.69) is 20.8 Å². The van der Waals surface area contributed by atoms with Gasteiger partial charge in [-0.15, -0.1) is 0 Å². The highest BCUT2D eigenvalue weighted by Crippen LogP contribution is 2.40. The van der Waals surface area contributed by atoms with Gasteiger partial charge in [0, 0.05) is 17.8 Å². The van der Waals surface area contributed by atoms with Gasteiger partial charge in [0.15, 0.2) is 0 Å². The molecule has 0 unspecified atom stereocenters. The summed E-state index contributed by atoms with van der Waals surface area (Å²) in [5, 5.41) is 10.6. The highest BCUT2D eigenvalue weighted by Gasteiger charge is 2.35. The standard InChI is InChI=1S/C11H21NO2/c1-4-11(2,3)9-5-7-10(8-6-9)12(13)14/h9-10H,4-8H2,1-3H3. The Morgan fingerprint density at radius 3 is 2.14 bits per heavy atom. The summed E-state index contributed by atoms with van der Waals surface area (Å²) in [5.74, 6) is 0.684. The molecule has 0 aromatic carbocycles. The lowest BCUT2D eigenvalue weighted by Gasteiger charge is -2.36. The van der Waals surface area contributed by atoms with Gasteiger partial charge in [-0.05, 0) is 24.2 Å². The van der Waals surface area contributed by atoms with E-state index < -0.39 is 0 Å². The molecule has 0 bridgehead atoms. The maximum Gasteiger partial charge on any atom is 0.213 e. The van der Waals surface area contributed by atoms with Crippen LogP contribution in [-0.2, 0) is 0 Å². The third-order valence-electron chi connectivity index (χ3n) is 4.01. The molecule has 0 atom stereocenters. The van der Waals surface area contributed by atoms with Gasteiger partial charge >= 0.3 is 0 Å². The zero-order valence-electron chi connectivity index (χ0n) is 9.45. The molecule has 0 saturated heterocycles. The Morgan fingerprint density at radius 2 is 1.79 bits per heavy atom. The average molecular weight is 199 g/mol. The van der Waals surface area contributed by atoms with Gasteiger partial charge in [-0.25, -0.2) is 0 Å². The Bertz CT molecular complexity index is 205. The lowest BCUT2D eigenvalue weighted by Crippen LogP contribution is -2.32. The third kappa shape index (κ3) is 2.46. The van der Waals surface area contributed by atoms with Gasteiger partial charge in [-0.2, -0.15) is 0 Å². The van der Waals surface area contributed by atoms with E-state index in [1.807, 2.05) is 0 Å². The van der Waals surface area contributed by atoms with Crippen molar-refractivity contribution >= 4 is 0 Å². The molecule has 0 spiro atoms. The van der Waals surface area contributed by atoms with Crippen LogP contribution in [0.15, 0.2) is 0 Å². The van der Waals surface area contributed by atoms with Crippen LogP contribution in [0.2, 0.25) is 0 Å². The molecule has 1 saturated carbocycles. The third-order valence-corrected chi connectivity index (χ3v) is 4.01. The molecule has 14 heavy (non-hydrogen) atoms. The molecule has 82 valence electrons. The minimum absolute atomic E-state index is 0.102. The lowest BCUT2D eigenvalue weighted by atomic mass is 9.69. The van der Waals surface area contributed by atoms with E-state index in [9.17, 15) is 10.1 Å². The molecule has 0 aromatic heterocycles. The summed E-state index contributed by atoms with van der Waals surface area (Å²) in [6.07, 6.45) is 4.79. The number of hydrogen-bond acceptors (Lipinski definition) is 2. The van der Waals surface area contributed by atoms with Crippen LogP contribution in [0.1, 0.15) is 52.9 Å². The summed E-state index contributed by atoms with van der Waals surface area (Å²) in [4.78, 5) is 10.5. The normalized spacial score (nSPS) is 28.8. The molecule has 0 amide bonds. The van der Waals surface area contributed by atoms with Crippen LogP contribution in [0.3, 0.4) is 0 Å². The number of hydrogen-bond donors (Lipinski definition) is 0. The minimum Gasteiger partial charge on any atom is -0.264 e. The van der Waals surface area contributed by atoms with E-state index in [-0.39, 0.29) is 11.0 Å². The maximum atomic E-state index is 10.6. The first kappa shape index (κ1) is 11.5. The molecule has 0 aliphatic heterocycles. The Kier molecular flexibility index (Phi) is 3.51. The number of nitro groups is 1. The molecule has 0 N–H and O–H groups in total. The van der Waals surface area contributed by atoms with Gasteiger partial charge in [-0.1, -0.05) is 27.2 Å². The smallest absolute Gasteiger partial charge is 0.213 e. The summed E-state index contributed by atoms with van der Waals surface area (Å²) in [6, 6.07) is -0.265. The summed E-state index contributed by atoms with van der Waals surface area (Å²) in [5.41, 5.74) is 0.363. The van der Waals surface area contributed by atoms with Crippen LogP contribution >= 0.6 is 0 Å². The van der Waals surface area contributed by atoms with E-state index >= 15 is 0 Å². The first-order valence-electron chi connectivity index (χ1n) is 5.61. The zero-order chi connectivity index (χ0) is 10.8. The highest BCUT2D eigenvalue weighted by molar-refractivity contribution is 4.82. The lowest BCUT2D eigenvalue weighted by molar-refractivity contribution is -0.527. The first-order valence-corrected chi connectivity index (χ1v) is 5.61. The number of nitrogens with zero attached hydrogens (tertiary/aromatic N) is 1. The van der Waals surface area contributed by atoms with Crippen LogP contribution in [0.5, 0.6) is 0 Å². The van der Waals surface area contributed by atoms with Crippen molar-refractivity contribution in [3.63, 3.8) is 0 Å². The predicted molar refractivity (Wildman–Crippen MR) is 56.8 cm³/mol. The Balaban J connectivity index is 2.47. The second-order valence-electron chi connectivity index (χ2n) is 5.13. The van der Waals surface area contributed by atoms with Crippen LogP contribution in [0, 0.1) is 21.4 Å². The van der Waals surface area contributed by atoms with E-state index in [0.717, 1.165) is 25.7 Å². The van der Waals surface area contributed by atoms with Gasteiger partial charge in [0.05, 0.1) is 0 Å².